The van der Waals surface area contributed by atoms with E-state index < -0.39 is 0 Å². The molecule has 1 heterocycles. The minimum absolute atomic E-state index is 0.0589. The van der Waals surface area contributed by atoms with Crippen molar-refractivity contribution in [3.05, 3.63) is 51.7 Å². The van der Waals surface area contributed by atoms with Crippen LogP contribution in [0, 0.1) is 6.92 Å². The molecule has 3 N–H and O–H groups in total. The molecule has 4 heteroatoms. The molecular formula is C14H16N2OS. The van der Waals surface area contributed by atoms with Crippen LogP contribution >= 0.6 is 11.3 Å². The molecule has 94 valence electrons. The molecule has 0 radical (unpaired) electrons. The maximum absolute atomic E-state index is 12.0. The average molecular weight is 260 g/mol. The van der Waals surface area contributed by atoms with Gasteiger partial charge in [0, 0.05) is 22.7 Å². The minimum atomic E-state index is -0.0589. The van der Waals surface area contributed by atoms with Gasteiger partial charge in [-0.1, -0.05) is 12.1 Å². The van der Waals surface area contributed by atoms with Crippen molar-refractivity contribution >= 4 is 22.9 Å². The number of anilines is 1. The second kappa shape index (κ2) is 5.69. The topological polar surface area (TPSA) is 55.1 Å². The molecule has 0 bridgehead atoms. The second-order valence-electron chi connectivity index (χ2n) is 4.16. The standard InChI is InChI=1S/C14H16N2OS/c1-10-4-5-11(15)9-13(10)14(17)16-7-6-12-3-2-8-18-12/h2-5,8-9H,6-7,15H2,1H3,(H,16,17). The Morgan fingerprint density at radius 2 is 2.22 bits per heavy atom. The van der Waals surface area contributed by atoms with Gasteiger partial charge in [0.1, 0.15) is 0 Å². The van der Waals surface area contributed by atoms with E-state index in [9.17, 15) is 4.79 Å². The summed E-state index contributed by atoms with van der Waals surface area (Å²) < 4.78 is 0. The highest BCUT2D eigenvalue weighted by Gasteiger charge is 2.08. The molecule has 0 atom stereocenters. The third kappa shape index (κ3) is 3.11. The van der Waals surface area contributed by atoms with Gasteiger partial charge in [0.25, 0.3) is 5.91 Å². The van der Waals surface area contributed by atoms with E-state index in [0.29, 0.717) is 17.8 Å². The van der Waals surface area contributed by atoms with Gasteiger partial charge in [0.05, 0.1) is 0 Å². The number of benzene rings is 1. The average Bonchev–Trinajstić information content (AvgIpc) is 2.85. The number of carbonyl (C=O) groups is 1. The quantitative estimate of drug-likeness (QED) is 0.830. The summed E-state index contributed by atoms with van der Waals surface area (Å²) in [6.45, 7) is 2.56. The van der Waals surface area contributed by atoms with Gasteiger partial charge in [-0.05, 0) is 42.5 Å². The van der Waals surface area contributed by atoms with Crippen molar-refractivity contribution in [1.29, 1.82) is 0 Å². The second-order valence-corrected chi connectivity index (χ2v) is 5.19. The van der Waals surface area contributed by atoms with E-state index in [-0.39, 0.29) is 5.91 Å². The van der Waals surface area contributed by atoms with Crippen molar-refractivity contribution in [2.24, 2.45) is 0 Å². The van der Waals surface area contributed by atoms with Crippen LogP contribution in [0.4, 0.5) is 5.69 Å². The number of amides is 1. The van der Waals surface area contributed by atoms with Gasteiger partial charge in [0.2, 0.25) is 0 Å². The summed E-state index contributed by atoms with van der Waals surface area (Å²) in [5, 5.41) is 4.96. The fourth-order valence-corrected chi connectivity index (χ4v) is 2.44. The maximum Gasteiger partial charge on any atom is 0.251 e. The van der Waals surface area contributed by atoms with Crippen molar-refractivity contribution in [3.8, 4) is 0 Å². The van der Waals surface area contributed by atoms with E-state index in [4.69, 9.17) is 5.73 Å². The molecule has 0 unspecified atom stereocenters. The minimum Gasteiger partial charge on any atom is -0.399 e. The van der Waals surface area contributed by atoms with Crippen LogP contribution in [-0.4, -0.2) is 12.5 Å². The Bertz CT molecular complexity index is 535. The Morgan fingerprint density at radius 1 is 1.39 bits per heavy atom. The van der Waals surface area contributed by atoms with E-state index in [2.05, 4.69) is 11.4 Å². The SMILES string of the molecule is Cc1ccc(N)cc1C(=O)NCCc1cccs1. The van der Waals surface area contributed by atoms with Gasteiger partial charge in [-0.3, -0.25) is 4.79 Å². The molecule has 2 rings (SSSR count). The smallest absolute Gasteiger partial charge is 0.251 e. The predicted octanol–water partition coefficient (Wildman–Crippen LogP) is 2.61. The van der Waals surface area contributed by atoms with Gasteiger partial charge in [0.15, 0.2) is 0 Å². The first-order valence-corrected chi connectivity index (χ1v) is 6.71. The number of nitrogen functional groups attached to an aromatic ring is 1. The monoisotopic (exact) mass is 260 g/mol. The van der Waals surface area contributed by atoms with E-state index in [0.717, 1.165) is 12.0 Å². The van der Waals surface area contributed by atoms with E-state index in [1.807, 2.05) is 24.4 Å². The molecule has 3 nitrogen and oxygen atoms in total. The number of hydrogen-bond acceptors (Lipinski definition) is 3. The van der Waals surface area contributed by atoms with E-state index in [1.54, 1.807) is 23.5 Å². The van der Waals surface area contributed by atoms with Gasteiger partial charge >= 0.3 is 0 Å². The normalized spacial score (nSPS) is 10.3. The van der Waals surface area contributed by atoms with Crippen LogP contribution in [0.2, 0.25) is 0 Å². The van der Waals surface area contributed by atoms with Crippen LogP contribution in [0.3, 0.4) is 0 Å². The first-order chi connectivity index (χ1) is 8.66. The van der Waals surface area contributed by atoms with Crippen molar-refractivity contribution < 1.29 is 4.79 Å². The summed E-state index contributed by atoms with van der Waals surface area (Å²) in [5.41, 5.74) is 7.90. The number of thiophene rings is 1. The molecule has 1 amide bonds. The van der Waals surface area contributed by atoms with Crippen molar-refractivity contribution in [3.63, 3.8) is 0 Å². The molecule has 0 spiro atoms. The highest BCUT2D eigenvalue weighted by Crippen LogP contribution is 2.13. The van der Waals surface area contributed by atoms with Crippen LogP contribution in [0.5, 0.6) is 0 Å². The zero-order valence-electron chi connectivity index (χ0n) is 10.3. The fourth-order valence-electron chi connectivity index (χ4n) is 1.73. The zero-order valence-corrected chi connectivity index (χ0v) is 11.1. The Kier molecular flexibility index (Phi) is 3.99. The van der Waals surface area contributed by atoms with Crippen LogP contribution in [0.25, 0.3) is 0 Å². The molecule has 2 aromatic rings. The molecule has 0 saturated carbocycles. The van der Waals surface area contributed by atoms with Crippen LogP contribution in [0.1, 0.15) is 20.8 Å². The van der Waals surface area contributed by atoms with Crippen LogP contribution in [-0.2, 0) is 6.42 Å². The fraction of sp³-hybridized carbons (Fsp3) is 0.214. The highest BCUT2D eigenvalue weighted by molar-refractivity contribution is 7.09. The summed E-state index contributed by atoms with van der Waals surface area (Å²) in [5.74, 6) is -0.0589. The van der Waals surface area contributed by atoms with Crippen molar-refractivity contribution in [2.75, 3.05) is 12.3 Å². The first kappa shape index (κ1) is 12.6. The van der Waals surface area contributed by atoms with Crippen molar-refractivity contribution in [2.45, 2.75) is 13.3 Å². The Hall–Kier alpha value is -1.81. The number of aryl methyl sites for hydroxylation is 1. The Morgan fingerprint density at radius 3 is 2.94 bits per heavy atom. The van der Waals surface area contributed by atoms with Crippen LogP contribution < -0.4 is 11.1 Å². The number of hydrogen-bond donors (Lipinski definition) is 2. The summed E-state index contributed by atoms with van der Waals surface area (Å²) >= 11 is 1.70. The molecular weight excluding hydrogens is 244 g/mol. The number of rotatable bonds is 4. The van der Waals surface area contributed by atoms with E-state index >= 15 is 0 Å². The lowest BCUT2D eigenvalue weighted by atomic mass is 10.1. The third-order valence-electron chi connectivity index (χ3n) is 2.74. The van der Waals surface area contributed by atoms with Crippen molar-refractivity contribution in [1.82, 2.24) is 5.32 Å². The number of nitrogens with one attached hydrogen (secondary N) is 1. The molecule has 18 heavy (non-hydrogen) atoms. The summed E-state index contributed by atoms with van der Waals surface area (Å²) in [6.07, 6.45) is 0.866. The molecule has 1 aromatic carbocycles. The molecule has 0 fully saturated rings. The molecule has 0 aliphatic carbocycles. The lowest BCUT2D eigenvalue weighted by Crippen LogP contribution is -2.26. The van der Waals surface area contributed by atoms with E-state index in [1.165, 1.54) is 4.88 Å². The zero-order chi connectivity index (χ0) is 13.0. The summed E-state index contributed by atoms with van der Waals surface area (Å²) in [6, 6.07) is 9.48. The van der Waals surface area contributed by atoms with Gasteiger partial charge in [-0.15, -0.1) is 11.3 Å². The maximum atomic E-state index is 12.0. The molecule has 0 saturated heterocycles. The molecule has 0 aliphatic heterocycles. The number of carbonyl (C=O) groups excluding carboxylic acids is 1. The summed E-state index contributed by atoms with van der Waals surface area (Å²) in [7, 11) is 0. The lowest BCUT2D eigenvalue weighted by molar-refractivity contribution is 0.0953. The number of nitrogens with two attached hydrogens (primary N) is 1. The first-order valence-electron chi connectivity index (χ1n) is 5.83. The largest absolute Gasteiger partial charge is 0.399 e. The summed E-state index contributed by atoms with van der Waals surface area (Å²) in [4.78, 5) is 13.3. The molecule has 0 aliphatic rings. The Labute approximate surface area is 111 Å². The molecule has 1 aromatic heterocycles. The van der Waals surface area contributed by atoms with Gasteiger partial charge in [-0.2, -0.15) is 0 Å². The van der Waals surface area contributed by atoms with Gasteiger partial charge < -0.3 is 11.1 Å². The third-order valence-corrected chi connectivity index (χ3v) is 3.68. The van der Waals surface area contributed by atoms with Gasteiger partial charge in [-0.25, -0.2) is 0 Å². The lowest BCUT2D eigenvalue weighted by Gasteiger charge is -2.08. The highest BCUT2D eigenvalue weighted by atomic mass is 32.1. The Balaban J connectivity index is 1.93. The predicted molar refractivity (Wildman–Crippen MR) is 75.9 cm³/mol. The van der Waals surface area contributed by atoms with Crippen LogP contribution in [0.15, 0.2) is 35.7 Å².